The summed E-state index contributed by atoms with van der Waals surface area (Å²) in [5.74, 6) is 0.466. The Bertz CT molecular complexity index is 905. The zero-order valence-electron chi connectivity index (χ0n) is 13.4. The van der Waals surface area contributed by atoms with Crippen molar-refractivity contribution in [3.63, 3.8) is 0 Å². The van der Waals surface area contributed by atoms with E-state index in [2.05, 4.69) is 9.97 Å². The Balaban J connectivity index is 2.17. The van der Waals surface area contributed by atoms with Crippen LogP contribution in [0, 0.1) is 20.8 Å². The van der Waals surface area contributed by atoms with Crippen molar-refractivity contribution in [2.45, 2.75) is 20.8 Å². The molecular formula is C18H18N4O. The lowest BCUT2D eigenvalue weighted by molar-refractivity contribution is 0.256. The molecule has 2 amide bonds. The molecule has 0 atom stereocenters. The van der Waals surface area contributed by atoms with Crippen LogP contribution in [0.15, 0.2) is 42.5 Å². The molecule has 2 aromatic heterocycles. The molecule has 2 heterocycles. The Labute approximate surface area is 134 Å². The third-order valence-electron chi connectivity index (χ3n) is 3.70. The molecule has 0 fully saturated rings. The summed E-state index contributed by atoms with van der Waals surface area (Å²) in [6.45, 7) is 5.91. The first-order valence-electron chi connectivity index (χ1n) is 7.37. The minimum Gasteiger partial charge on any atom is -0.351 e. The highest BCUT2D eigenvalue weighted by atomic mass is 16.2. The molecule has 1 aromatic carbocycles. The van der Waals surface area contributed by atoms with Gasteiger partial charge in [-0.2, -0.15) is 0 Å². The van der Waals surface area contributed by atoms with E-state index < -0.39 is 6.03 Å². The van der Waals surface area contributed by atoms with Gasteiger partial charge in [0.2, 0.25) is 0 Å². The molecule has 0 aliphatic rings. The molecule has 23 heavy (non-hydrogen) atoms. The van der Waals surface area contributed by atoms with Gasteiger partial charge in [0.15, 0.2) is 5.65 Å². The number of aromatic nitrogens is 2. The van der Waals surface area contributed by atoms with Gasteiger partial charge in [-0.25, -0.2) is 19.7 Å². The second kappa shape index (κ2) is 5.68. The molecule has 0 saturated carbocycles. The van der Waals surface area contributed by atoms with Crippen molar-refractivity contribution in [1.82, 2.24) is 9.97 Å². The largest absolute Gasteiger partial charge is 0.351 e. The van der Waals surface area contributed by atoms with Gasteiger partial charge < -0.3 is 5.73 Å². The van der Waals surface area contributed by atoms with Crippen molar-refractivity contribution in [3.8, 4) is 0 Å². The van der Waals surface area contributed by atoms with E-state index in [0.29, 0.717) is 17.2 Å². The number of urea groups is 1. The molecule has 3 rings (SSSR count). The molecule has 5 nitrogen and oxygen atoms in total. The lowest BCUT2D eigenvalue weighted by Crippen LogP contribution is -2.32. The summed E-state index contributed by atoms with van der Waals surface area (Å²) in [4.78, 5) is 22.4. The van der Waals surface area contributed by atoms with E-state index >= 15 is 0 Å². The highest BCUT2D eigenvalue weighted by Gasteiger charge is 2.17. The number of carbonyl (C=O) groups is 1. The second-order valence-corrected chi connectivity index (χ2v) is 5.63. The van der Waals surface area contributed by atoms with Gasteiger partial charge in [0, 0.05) is 11.1 Å². The number of aryl methyl sites for hydroxylation is 3. The van der Waals surface area contributed by atoms with Crippen LogP contribution >= 0.6 is 0 Å². The van der Waals surface area contributed by atoms with Gasteiger partial charge in [-0.1, -0.05) is 12.1 Å². The maximum atomic E-state index is 12.0. The molecule has 116 valence electrons. The van der Waals surface area contributed by atoms with E-state index in [-0.39, 0.29) is 0 Å². The fraction of sp³-hybridized carbons (Fsp3) is 0.167. The van der Waals surface area contributed by atoms with E-state index in [0.717, 1.165) is 22.2 Å². The summed E-state index contributed by atoms with van der Waals surface area (Å²) in [6, 6.07) is 12.7. The predicted molar refractivity (Wildman–Crippen MR) is 91.9 cm³/mol. The number of nitrogens with zero attached hydrogens (tertiary/aromatic N) is 3. The predicted octanol–water partition coefficient (Wildman–Crippen LogP) is 3.77. The minimum absolute atomic E-state index is 0.466. The SMILES string of the molecule is Cc1cccc(N(C(N)=O)c2ccc3c(C)cc(C)nc3n2)c1. The molecule has 0 spiro atoms. The maximum Gasteiger partial charge on any atom is 0.325 e. The molecule has 0 aliphatic carbocycles. The molecule has 3 aromatic rings. The second-order valence-electron chi connectivity index (χ2n) is 5.63. The van der Waals surface area contributed by atoms with Crippen molar-refractivity contribution in [1.29, 1.82) is 0 Å². The first-order chi connectivity index (χ1) is 11.0. The van der Waals surface area contributed by atoms with Crippen LogP contribution in [0.25, 0.3) is 11.0 Å². The van der Waals surface area contributed by atoms with Crippen LogP contribution in [0.4, 0.5) is 16.3 Å². The molecule has 0 bridgehead atoms. The van der Waals surface area contributed by atoms with Gasteiger partial charge in [0.1, 0.15) is 5.82 Å². The zero-order valence-corrected chi connectivity index (χ0v) is 13.4. The van der Waals surface area contributed by atoms with E-state index in [1.807, 2.05) is 57.2 Å². The fourth-order valence-electron chi connectivity index (χ4n) is 2.69. The van der Waals surface area contributed by atoms with Crippen LogP contribution in [0.5, 0.6) is 0 Å². The van der Waals surface area contributed by atoms with Crippen LogP contribution in [0.2, 0.25) is 0 Å². The average Bonchev–Trinajstić information content (AvgIpc) is 2.46. The summed E-state index contributed by atoms with van der Waals surface area (Å²) in [6.07, 6.45) is 0. The number of rotatable bonds is 2. The number of pyridine rings is 2. The van der Waals surface area contributed by atoms with E-state index in [9.17, 15) is 4.79 Å². The molecule has 0 aliphatic heterocycles. The number of fused-ring (bicyclic) bond motifs is 1. The Morgan fingerprint density at radius 3 is 2.52 bits per heavy atom. The molecule has 2 N–H and O–H groups in total. The molecule has 5 heteroatoms. The highest BCUT2D eigenvalue weighted by Crippen LogP contribution is 2.27. The first-order valence-corrected chi connectivity index (χ1v) is 7.37. The smallest absolute Gasteiger partial charge is 0.325 e. The van der Waals surface area contributed by atoms with Crippen molar-refractivity contribution >= 4 is 28.6 Å². The van der Waals surface area contributed by atoms with E-state index in [4.69, 9.17) is 5.73 Å². The average molecular weight is 306 g/mol. The summed E-state index contributed by atoms with van der Waals surface area (Å²) in [5.41, 5.74) is 9.92. The fourth-order valence-corrected chi connectivity index (χ4v) is 2.69. The lowest BCUT2D eigenvalue weighted by Gasteiger charge is -2.20. The maximum absolute atomic E-state index is 12.0. The third kappa shape index (κ3) is 2.85. The Morgan fingerprint density at radius 1 is 1.04 bits per heavy atom. The Morgan fingerprint density at radius 2 is 1.83 bits per heavy atom. The minimum atomic E-state index is -0.577. The van der Waals surface area contributed by atoms with Crippen LogP contribution in [0.3, 0.4) is 0 Å². The van der Waals surface area contributed by atoms with Crippen molar-refractivity contribution in [2.75, 3.05) is 4.90 Å². The first kappa shape index (κ1) is 15.0. The molecule has 0 unspecified atom stereocenters. The van der Waals surface area contributed by atoms with Gasteiger partial charge in [-0.15, -0.1) is 0 Å². The summed E-state index contributed by atoms with van der Waals surface area (Å²) < 4.78 is 0. The Hall–Kier alpha value is -2.95. The van der Waals surface area contributed by atoms with Crippen molar-refractivity contribution in [2.24, 2.45) is 5.73 Å². The van der Waals surface area contributed by atoms with Crippen molar-refractivity contribution < 1.29 is 4.79 Å². The number of hydrogen-bond donors (Lipinski definition) is 1. The monoisotopic (exact) mass is 306 g/mol. The van der Waals surface area contributed by atoms with Gasteiger partial charge in [0.25, 0.3) is 0 Å². The number of primary amides is 1. The normalized spacial score (nSPS) is 10.7. The summed E-state index contributed by atoms with van der Waals surface area (Å²) in [5, 5.41) is 0.966. The third-order valence-corrected chi connectivity index (χ3v) is 3.70. The molecule has 0 radical (unpaired) electrons. The molecule has 0 saturated heterocycles. The van der Waals surface area contributed by atoms with Crippen molar-refractivity contribution in [3.05, 3.63) is 59.3 Å². The number of carbonyl (C=O) groups excluding carboxylic acids is 1. The van der Waals surface area contributed by atoms with Gasteiger partial charge in [0.05, 0.1) is 5.69 Å². The number of amides is 2. The van der Waals surface area contributed by atoms with E-state index in [1.54, 1.807) is 6.07 Å². The number of benzene rings is 1. The van der Waals surface area contributed by atoms with E-state index in [1.165, 1.54) is 4.90 Å². The number of anilines is 2. The zero-order chi connectivity index (χ0) is 16.6. The highest BCUT2D eigenvalue weighted by molar-refractivity contribution is 5.98. The van der Waals surface area contributed by atoms with Gasteiger partial charge >= 0.3 is 6.03 Å². The summed E-state index contributed by atoms with van der Waals surface area (Å²) >= 11 is 0. The van der Waals surface area contributed by atoms with Gasteiger partial charge in [-0.05, 0) is 62.2 Å². The Kier molecular flexibility index (Phi) is 3.70. The lowest BCUT2D eigenvalue weighted by atomic mass is 10.1. The van der Waals surface area contributed by atoms with Crippen LogP contribution in [-0.2, 0) is 0 Å². The quantitative estimate of drug-likeness (QED) is 0.783. The van der Waals surface area contributed by atoms with Gasteiger partial charge in [-0.3, -0.25) is 0 Å². The van der Waals surface area contributed by atoms with Crippen LogP contribution < -0.4 is 10.6 Å². The standard InChI is InChI=1S/C18H18N4O/c1-11-5-4-6-14(9-11)22(18(19)23)16-8-7-15-12(2)10-13(3)20-17(15)21-16/h4-10H,1-3H3,(H2,19,23). The topological polar surface area (TPSA) is 72.1 Å². The van der Waals surface area contributed by atoms with Crippen LogP contribution in [-0.4, -0.2) is 16.0 Å². The summed E-state index contributed by atoms with van der Waals surface area (Å²) in [7, 11) is 0. The number of hydrogen-bond acceptors (Lipinski definition) is 3. The molecular weight excluding hydrogens is 288 g/mol. The van der Waals surface area contributed by atoms with Crippen LogP contribution in [0.1, 0.15) is 16.8 Å². The number of nitrogens with two attached hydrogens (primary N) is 1.